The van der Waals surface area contributed by atoms with Crippen LogP contribution >= 0.6 is 0 Å². The molecule has 0 atom stereocenters. The van der Waals surface area contributed by atoms with Gasteiger partial charge in [-0.2, -0.15) is 0 Å². The van der Waals surface area contributed by atoms with E-state index >= 15 is 0 Å². The number of fused-ring (bicyclic) bond motifs is 2. The van der Waals surface area contributed by atoms with E-state index < -0.39 is 11.3 Å². The Morgan fingerprint density at radius 1 is 0.741 bits per heavy atom. The highest BCUT2D eigenvalue weighted by molar-refractivity contribution is 5.88. The van der Waals surface area contributed by atoms with Gasteiger partial charge in [-0.3, -0.25) is 0 Å². The molecule has 0 saturated heterocycles. The van der Waals surface area contributed by atoms with Crippen molar-refractivity contribution in [1.29, 1.82) is 0 Å². The van der Waals surface area contributed by atoms with Crippen molar-refractivity contribution in [3.63, 3.8) is 0 Å². The van der Waals surface area contributed by atoms with E-state index in [1.54, 1.807) is 50.2 Å². The van der Waals surface area contributed by atoms with Crippen molar-refractivity contribution >= 4 is 21.9 Å². The van der Waals surface area contributed by atoms with Gasteiger partial charge in [0.15, 0.2) is 0 Å². The Balaban J connectivity index is 1.96. The Morgan fingerprint density at radius 2 is 1.15 bits per heavy atom. The van der Waals surface area contributed by atoms with Crippen LogP contribution in [-0.2, 0) is 6.42 Å². The molecule has 0 spiro atoms. The summed E-state index contributed by atoms with van der Waals surface area (Å²) in [5, 5.41) is 21.9. The van der Waals surface area contributed by atoms with E-state index in [-0.39, 0.29) is 40.2 Å². The van der Waals surface area contributed by atoms with Crippen LogP contribution in [0.4, 0.5) is 0 Å². The van der Waals surface area contributed by atoms with Crippen LogP contribution in [0.1, 0.15) is 22.3 Å². The average molecular weight is 364 g/mol. The van der Waals surface area contributed by atoms with Crippen molar-refractivity contribution in [2.75, 3.05) is 0 Å². The molecule has 0 aliphatic rings. The number of benzene rings is 2. The van der Waals surface area contributed by atoms with Gasteiger partial charge in [-0.25, -0.2) is 9.59 Å². The Bertz CT molecular complexity index is 1220. The molecule has 2 N–H and O–H groups in total. The minimum Gasteiger partial charge on any atom is -0.507 e. The monoisotopic (exact) mass is 364 g/mol. The lowest BCUT2D eigenvalue weighted by Crippen LogP contribution is -2.15. The molecule has 6 nitrogen and oxygen atoms in total. The molecular weight excluding hydrogens is 348 g/mol. The van der Waals surface area contributed by atoms with Crippen LogP contribution in [0.3, 0.4) is 0 Å². The zero-order chi connectivity index (χ0) is 19.3. The predicted octanol–water partition coefficient (Wildman–Crippen LogP) is 3.52. The van der Waals surface area contributed by atoms with Crippen LogP contribution in [0.15, 0.2) is 54.8 Å². The minimum absolute atomic E-state index is 0.109. The molecule has 4 aromatic rings. The molecule has 2 aromatic heterocycles. The van der Waals surface area contributed by atoms with E-state index in [1.165, 1.54) is 0 Å². The average Bonchev–Trinajstić information content (AvgIpc) is 2.63. The fourth-order valence-corrected chi connectivity index (χ4v) is 3.26. The molecule has 0 unspecified atom stereocenters. The first kappa shape index (κ1) is 16.9. The van der Waals surface area contributed by atoms with Crippen LogP contribution in [-0.4, -0.2) is 10.2 Å². The molecule has 0 bridgehead atoms. The van der Waals surface area contributed by atoms with Crippen LogP contribution in [0.5, 0.6) is 11.5 Å². The highest BCUT2D eigenvalue weighted by Crippen LogP contribution is 2.33. The highest BCUT2D eigenvalue weighted by Gasteiger charge is 2.21. The molecule has 0 amide bonds. The maximum absolute atomic E-state index is 12.4. The number of rotatable bonds is 2. The molecule has 4 rings (SSSR count). The van der Waals surface area contributed by atoms with Gasteiger partial charge in [0.25, 0.3) is 0 Å². The molecule has 6 heteroatoms. The molecule has 0 radical (unpaired) electrons. The zero-order valence-electron chi connectivity index (χ0n) is 14.7. The fourth-order valence-electron chi connectivity index (χ4n) is 3.26. The van der Waals surface area contributed by atoms with Crippen LogP contribution < -0.4 is 11.3 Å². The minimum atomic E-state index is -0.766. The lowest BCUT2D eigenvalue weighted by atomic mass is 10.0. The second-order valence-electron chi connectivity index (χ2n) is 6.51. The molecular formula is C21H16O6. The number of hydrogen-bond donors (Lipinski definition) is 2. The maximum atomic E-state index is 12.4. The summed E-state index contributed by atoms with van der Waals surface area (Å²) in [4.78, 5) is 24.8. The molecule has 0 fully saturated rings. The van der Waals surface area contributed by atoms with E-state index in [4.69, 9.17) is 8.83 Å². The quantitative estimate of drug-likeness (QED) is 0.528. The van der Waals surface area contributed by atoms with Crippen molar-refractivity contribution in [3.05, 3.63) is 79.5 Å². The summed E-state index contributed by atoms with van der Waals surface area (Å²) in [5.74, 6) is -0.541. The summed E-state index contributed by atoms with van der Waals surface area (Å²) in [6.45, 7) is 3.52. The normalized spacial score (nSPS) is 11.3. The van der Waals surface area contributed by atoms with Crippen molar-refractivity contribution < 1.29 is 19.0 Å². The predicted molar refractivity (Wildman–Crippen MR) is 101 cm³/mol. The van der Waals surface area contributed by atoms with Crippen molar-refractivity contribution in [2.24, 2.45) is 0 Å². The van der Waals surface area contributed by atoms with E-state index in [0.717, 1.165) is 0 Å². The number of hydrogen-bond acceptors (Lipinski definition) is 6. The largest absolute Gasteiger partial charge is 0.507 e. The molecule has 27 heavy (non-hydrogen) atoms. The molecule has 0 aliphatic heterocycles. The molecule has 2 aromatic carbocycles. The summed E-state index contributed by atoms with van der Waals surface area (Å²) >= 11 is 0. The SMILES string of the molecule is Cc1cccc2c(O)c(Cc3c(O)c4cccc(C)c4oc3=O)c(=O)oc12. The second-order valence-corrected chi connectivity index (χ2v) is 6.51. The summed E-state index contributed by atoms with van der Waals surface area (Å²) in [6, 6.07) is 10.2. The topological polar surface area (TPSA) is 101 Å². The Kier molecular flexibility index (Phi) is 3.77. The van der Waals surface area contributed by atoms with Gasteiger partial charge in [0.1, 0.15) is 22.7 Å². The van der Waals surface area contributed by atoms with Crippen LogP contribution in [0, 0.1) is 13.8 Å². The van der Waals surface area contributed by atoms with Gasteiger partial charge < -0.3 is 19.0 Å². The summed E-state index contributed by atoms with van der Waals surface area (Å²) in [5.41, 5.74) is 0.230. The van der Waals surface area contributed by atoms with Crippen molar-refractivity contribution in [2.45, 2.75) is 20.3 Å². The van der Waals surface area contributed by atoms with Gasteiger partial charge in [0.05, 0.1) is 21.9 Å². The van der Waals surface area contributed by atoms with Gasteiger partial charge >= 0.3 is 11.3 Å². The Hall–Kier alpha value is -3.54. The molecule has 136 valence electrons. The third-order valence-corrected chi connectivity index (χ3v) is 4.74. The van der Waals surface area contributed by atoms with E-state index in [2.05, 4.69) is 0 Å². The van der Waals surface area contributed by atoms with Gasteiger partial charge in [0, 0.05) is 6.42 Å². The Labute approximate surface area is 152 Å². The number of aryl methyl sites for hydroxylation is 2. The fraction of sp³-hybridized carbons (Fsp3) is 0.143. The highest BCUT2D eigenvalue weighted by atomic mass is 16.4. The summed E-state index contributed by atoms with van der Waals surface area (Å²) in [6.07, 6.45) is -0.309. The summed E-state index contributed by atoms with van der Waals surface area (Å²) < 4.78 is 10.7. The van der Waals surface area contributed by atoms with Crippen molar-refractivity contribution in [3.8, 4) is 11.5 Å². The van der Waals surface area contributed by atoms with Gasteiger partial charge in [0.2, 0.25) is 0 Å². The first-order chi connectivity index (χ1) is 12.9. The second kappa shape index (κ2) is 6.02. The summed E-state index contributed by atoms with van der Waals surface area (Å²) in [7, 11) is 0. The lowest BCUT2D eigenvalue weighted by molar-refractivity contribution is 0.447. The van der Waals surface area contributed by atoms with Gasteiger partial charge in [-0.15, -0.1) is 0 Å². The van der Waals surface area contributed by atoms with E-state index in [9.17, 15) is 19.8 Å². The maximum Gasteiger partial charge on any atom is 0.343 e. The number of aromatic hydroxyl groups is 2. The molecule has 2 heterocycles. The van der Waals surface area contributed by atoms with Gasteiger partial charge in [-0.1, -0.05) is 24.3 Å². The first-order valence-electron chi connectivity index (χ1n) is 8.37. The first-order valence-corrected chi connectivity index (χ1v) is 8.37. The smallest absolute Gasteiger partial charge is 0.343 e. The van der Waals surface area contributed by atoms with Crippen LogP contribution in [0.25, 0.3) is 21.9 Å². The number of para-hydroxylation sites is 2. The molecule has 0 saturated carbocycles. The Morgan fingerprint density at radius 3 is 1.56 bits per heavy atom. The van der Waals surface area contributed by atoms with Crippen molar-refractivity contribution in [1.82, 2.24) is 0 Å². The van der Waals surface area contributed by atoms with E-state index in [1.807, 2.05) is 0 Å². The van der Waals surface area contributed by atoms with Crippen LogP contribution in [0.2, 0.25) is 0 Å². The van der Waals surface area contributed by atoms with Gasteiger partial charge in [-0.05, 0) is 37.1 Å². The lowest BCUT2D eigenvalue weighted by Gasteiger charge is -2.10. The third-order valence-electron chi connectivity index (χ3n) is 4.74. The molecule has 0 aliphatic carbocycles. The standard InChI is InChI=1S/C21H16O6/c1-10-5-3-7-12-16(22)14(20(24)26-18(10)12)9-15-17(23)13-8-4-6-11(2)19(13)27-21(15)25/h3-8,22-23H,9H2,1-2H3. The third kappa shape index (κ3) is 2.57. The zero-order valence-corrected chi connectivity index (χ0v) is 14.7. The van der Waals surface area contributed by atoms with E-state index in [0.29, 0.717) is 21.9 Å².